The van der Waals surface area contributed by atoms with Crippen molar-refractivity contribution in [3.8, 4) is 0 Å². The van der Waals surface area contributed by atoms with E-state index in [0.717, 1.165) is 51.7 Å². The number of fused-ring (bicyclic) bond motifs is 2. The average molecular weight is 952 g/mol. The van der Waals surface area contributed by atoms with Crippen molar-refractivity contribution in [3.05, 3.63) is 102 Å². The fraction of sp³-hybridized carbons (Fsp3) is 0.480. The van der Waals surface area contributed by atoms with Crippen molar-refractivity contribution in [3.63, 3.8) is 0 Å². The minimum Gasteiger partial charge on any atom is -0.465 e. The molecule has 6 rings (SSSR count). The first-order valence-electron chi connectivity index (χ1n) is 23.8. The van der Waals surface area contributed by atoms with Crippen LogP contribution in [-0.4, -0.2) is 140 Å². The number of hydrogen-bond acceptors (Lipinski definition) is 12. The van der Waals surface area contributed by atoms with Gasteiger partial charge in [-0.15, -0.1) is 0 Å². The van der Waals surface area contributed by atoms with Crippen LogP contribution < -0.4 is 21.3 Å². The Morgan fingerprint density at radius 3 is 2.28 bits per heavy atom. The highest BCUT2D eigenvalue weighted by Crippen LogP contribution is 2.34. The van der Waals surface area contributed by atoms with Crippen molar-refractivity contribution in [2.75, 3.05) is 78.3 Å². The molecule has 0 fully saturated rings. The number of carbonyl (C=O) groups excluding carboxylic acids is 4. The number of nitrogens with one attached hydrogen (secondary N) is 4. The molecule has 4 heterocycles. The molecule has 19 heteroatoms. The molecule has 0 saturated carbocycles. The lowest BCUT2D eigenvalue weighted by Crippen LogP contribution is -2.46. The highest BCUT2D eigenvalue weighted by Gasteiger charge is 2.34. The van der Waals surface area contributed by atoms with Gasteiger partial charge in [0, 0.05) is 82.3 Å². The van der Waals surface area contributed by atoms with Crippen LogP contribution in [-0.2, 0) is 46.4 Å². The molecule has 2 atom stereocenters. The Labute approximate surface area is 402 Å². The van der Waals surface area contributed by atoms with Crippen LogP contribution >= 0.6 is 0 Å². The van der Waals surface area contributed by atoms with E-state index in [9.17, 15) is 29.1 Å². The lowest BCUT2D eigenvalue weighted by molar-refractivity contribution is -0.133. The summed E-state index contributed by atoms with van der Waals surface area (Å²) >= 11 is 0. The van der Waals surface area contributed by atoms with E-state index in [0.29, 0.717) is 110 Å². The Balaban J connectivity index is 0.913. The fourth-order valence-corrected chi connectivity index (χ4v) is 8.15. The van der Waals surface area contributed by atoms with Crippen LogP contribution in [0.2, 0.25) is 0 Å². The van der Waals surface area contributed by atoms with Crippen LogP contribution in [0.15, 0.2) is 84.4 Å². The molecule has 0 spiro atoms. The van der Waals surface area contributed by atoms with Gasteiger partial charge in [0.25, 0.3) is 5.91 Å². The minimum atomic E-state index is -1.29. The molecule has 2 unspecified atom stereocenters. The minimum absolute atomic E-state index is 0.0910. The Morgan fingerprint density at radius 1 is 0.783 bits per heavy atom. The van der Waals surface area contributed by atoms with E-state index in [1.54, 1.807) is 35.6 Å². The molecule has 19 nitrogen and oxygen atoms in total. The summed E-state index contributed by atoms with van der Waals surface area (Å²) in [5.41, 5.74) is 6.08. The van der Waals surface area contributed by atoms with Crippen molar-refractivity contribution in [2.45, 2.75) is 82.8 Å². The molecule has 0 bridgehead atoms. The van der Waals surface area contributed by atoms with Crippen LogP contribution in [0.25, 0.3) is 10.9 Å². The second-order valence-corrected chi connectivity index (χ2v) is 16.8. The molecule has 0 saturated heterocycles. The van der Waals surface area contributed by atoms with Crippen LogP contribution in [0, 0.1) is 0 Å². The fourth-order valence-electron chi connectivity index (χ4n) is 8.15. The predicted octanol–water partition coefficient (Wildman–Crippen LogP) is 5.58. The first-order chi connectivity index (χ1) is 33.7. The molecule has 4 aromatic rings. The van der Waals surface area contributed by atoms with E-state index in [1.807, 2.05) is 60.7 Å². The third-order valence-electron chi connectivity index (χ3n) is 11.8. The van der Waals surface area contributed by atoms with E-state index in [1.165, 1.54) is 0 Å². The van der Waals surface area contributed by atoms with Gasteiger partial charge in [-0.3, -0.25) is 24.4 Å². The molecule has 2 aromatic carbocycles. The predicted molar refractivity (Wildman–Crippen MR) is 259 cm³/mol. The van der Waals surface area contributed by atoms with Gasteiger partial charge in [0.1, 0.15) is 6.04 Å². The number of nitrogens with zero attached hydrogens (tertiary/aromatic N) is 5. The number of benzene rings is 2. The number of aromatic nitrogens is 2. The van der Waals surface area contributed by atoms with Crippen molar-refractivity contribution >= 4 is 52.1 Å². The Hall–Kier alpha value is -6.54. The summed E-state index contributed by atoms with van der Waals surface area (Å²) in [7, 11) is 1.61. The second kappa shape index (κ2) is 28.1. The van der Waals surface area contributed by atoms with Gasteiger partial charge in [0.2, 0.25) is 11.8 Å². The highest BCUT2D eigenvalue weighted by atomic mass is 16.6. The lowest BCUT2D eigenvalue weighted by Gasteiger charge is -2.30. The largest absolute Gasteiger partial charge is 0.465 e. The number of amides is 6. The summed E-state index contributed by atoms with van der Waals surface area (Å²) in [4.78, 5) is 74.4. The van der Waals surface area contributed by atoms with Crippen LogP contribution in [0.5, 0.6) is 0 Å². The number of methoxy groups -OCH3 is 1. The van der Waals surface area contributed by atoms with E-state index >= 15 is 0 Å². The summed E-state index contributed by atoms with van der Waals surface area (Å²) in [5.74, 6) is -1.13. The number of hydrogen-bond donors (Lipinski definition) is 5. The average Bonchev–Trinajstić information content (AvgIpc) is 3.80. The molecule has 69 heavy (non-hydrogen) atoms. The van der Waals surface area contributed by atoms with Gasteiger partial charge >= 0.3 is 12.1 Å². The summed E-state index contributed by atoms with van der Waals surface area (Å²) in [6.45, 7) is 5.19. The zero-order chi connectivity index (χ0) is 48.6. The molecule has 0 radical (unpaired) electrons. The number of rotatable bonds is 29. The van der Waals surface area contributed by atoms with Crippen LogP contribution in [0.1, 0.15) is 86.0 Å². The Kier molecular flexibility index (Phi) is 21.1. The van der Waals surface area contributed by atoms with Crippen LogP contribution in [0.4, 0.5) is 15.3 Å². The van der Waals surface area contributed by atoms with E-state index < -0.39 is 24.0 Å². The quantitative estimate of drug-likeness (QED) is 0.0420. The maximum Gasteiger partial charge on any atom is 0.405 e. The van der Waals surface area contributed by atoms with Gasteiger partial charge in [0.15, 0.2) is 0 Å². The van der Waals surface area contributed by atoms with Crippen molar-refractivity contribution in [1.29, 1.82) is 0 Å². The number of urea groups is 1. The Bertz CT molecular complexity index is 2300. The summed E-state index contributed by atoms with van der Waals surface area (Å²) in [6, 6.07) is 18.0. The van der Waals surface area contributed by atoms with Gasteiger partial charge in [-0.1, -0.05) is 43.2 Å². The monoisotopic (exact) mass is 951 g/mol. The lowest BCUT2D eigenvalue weighted by atomic mass is 9.86. The normalized spacial score (nSPS) is 14.8. The standard InChI is InChI=1S/C50H65N9O10/c1-66-26-27-68-30-31-69-29-28-67-25-19-46(60)53-20-6-4-12-44(56-50(64)65)47(61)54-21-5-2-3-7-24-59-48(62)42(40-10-8-13-43-41(40)11-9-22-52-43)32-45(57-59)36-14-16-39(17-15-36)55-49(63)58-34-37-18-23-51-33-38(37)35-58/h8-11,13-18,22-23,33,42,44,56H,2-7,12,19-21,24-32,34-35H2,1H3,(H,53,60)(H,54,61)(H,55,63)(H,64,65). The molecular weight excluding hydrogens is 887 g/mol. The summed E-state index contributed by atoms with van der Waals surface area (Å²) < 4.78 is 21.1. The number of carbonyl (C=O) groups is 5. The van der Waals surface area contributed by atoms with Crippen molar-refractivity contribution in [2.24, 2.45) is 5.10 Å². The zero-order valence-electron chi connectivity index (χ0n) is 39.4. The highest BCUT2D eigenvalue weighted by molar-refractivity contribution is 6.07. The smallest absolute Gasteiger partial charge is 0.405 e. The number of carboxylic acid groups (broad SMARTS) is 1. The third-order valence-corrected chi connectivity index (χ3v) is 11.8. The number of pyridine rings is 2. The second-order valence-electron chi connectivity index (χ2n) is 16.8. The molecule has 2 aromatic heterocycles. The van der Waals surface area contributed by atoms with Crippen LogP contribution in [0.3, 0.4) is 0 Å². The maximum atomic E-state index is 14.2. The first-order valence-corrected chi connectivity index (χ1v) is 23.8. The zero-order valence-corrected chi connectivity index (χ0v) is 39.4. The van der Waals surface area contributed by atoms with Gasteiger partial charge in [0.05, 0.1) is 63.4 Å². The van der Waals surface area contributed by atoms with Gasteiger partial charge in [-0.25, -0.2) is 14.6 Å². The maximum absolute atomic E-state index is 14.2. The molecule has 0 aliphatic carbocycles. The topological polar surface area (TPSA) is 235 Å². The molecule has 5 N–H and O–H groups in total. The number of ether oxygens (including phenoxy) is 4. The molecular formula is C50H65N9O10. The van der Waals surface area contributed by atoms with Crippen molar-refractivity contribution in [1.82, 2.24) is 35.8 Å². The van der Waals surface area contributed by atoms with Gasteiger partial charge < -0.3 is 50.2 Å². The molecule has 2 aliphatic rings. The van der Waals surface area contributed by atoms with E-state index in [-0.39, 0.29) is 37.3 Å². The van der Waals surface area contributed by atoms with E-state index in [2.05, 4.69) is 31.2 Å². The summed E-state index contributed by atoms with van der Waals surface area (Å²) in [5, 5.41) is 27.7. The van der Waals surface area contributed by atoms with Crippen molar-refractivity contribution < 1.29 is 48.0 Å². The first kappa shape index (κ1) is 51.8. The summed E-state index contributed by atoms with van der Waals surface area (Å²) in [6.07, 6.45) is 8.84. The number of anilines is 1. The number of hydrazone groups is 1. The third kappa shape index (κ3) is 16.6. The van der Waals surface area contributed by atoms with E-state index in [4.69, 9.17) is 24.0 Å². The molecule has 370 valence electrons. The van der Waals surface area contributed by atoms with Gasteiger partial charge in [-0.05, 0) is 84.7 Å². The SMILES string of the molecule is COCCOCCOCCOCCC(=O)NCCCCC(NC(=O)O)C(=O)NCCCCCCN1N=C(c2ccc(NC(=O)N3Cc4ccncc4C3)cc2)CC(c2cccc3ncccc23)C1=O. The molecule has 6 amide bonds. The Morgan fingerprint density at radius 2 is 1.51 bits per heavy atom. The molecule has 2 aliphatic heterocycles. The van der Waals surface area contributed by atoms with Gasteiger partial charge in [-0.2, -0.15) is 5.10 Å². The number of unbranched alkanes of at least 4 members (excludes halogenated alkanes) is 4.